The standard InChI is InChI=1S/C21H28N2O4/c24-19(25)8-4-5-11-23-13-17-16(18-9-10-21(17,14-23)27-18)12-22-20(26)15-6-2-1-3-7-15/h1-3,6-7,16-18H,4-5,8-14H2,(H,22,26)(H,24,25)/t16-,17+,18+,21+/m0/s1. The molecule has 27 heavy (non-hydrogen) atoms. The molecule has 1 spiro atoms. The first-order valence-electron chi connectivity index (χ1n) is 10.0. The number of rotatable bonds is 8. The van der Waals surface area contributed by atoms with E-state index in [9.17, 15) is 9.59 Å². The SMILES string of the molecule is O=C(O)CCCCN1C[C@@H]2[C@H](CNC(=O)c3ccccc3)[C@H]3CC[C@]2(C1)O3. The maximum absolute atomic E-state index is 12.4. The minimum atomic E-state index is -0.719. The molecule has 0 radical (unpaired) electrons. The van der Waals surface area contributed by atoms with Crippen LogP contribution in [0.15, 0.2) is 30.3 Å². The minimum Gasteiger partial charge on any atom is -0.481 e. The van der Waals surface area contributed by atoms with E-state index in [1.165, 1.54) is 0 Å². The molecule has 3 aliphatic rings. The first-order valence-corrected chi connectivity index (χ1v) is 10.0. The van der Waals surface area contributed by atoms with Gasteiger partial charge in [0, 0.05) is 43.5 Å². The van der Waals surface area contributed by atoms with Gasteiger partial charge in [-0.2, -0.15) is 0 Å². The molecule has 4 atom stereocenters. The van der Waals surface area contributed by atoms with Crippen LogP contribution in [0.4, 0.5) is 0 Å². The van der Waals surface area contributed by atoms with Crippen LogP contribution in [0.5, 0.6) is 0 Å². The molecule has 3 saturated heterocycles. The molecule has 4 rings (SSSR count). The Labute approximate surface area is 159 Å². The van der Waals surface area contributed by atoms with Crippen molar-refractivity contribution in [1.82, 2.24) is 10.2 Å². The van der Waals surface area contributed by atoms with Crippen LogP contribution in [0.2, 0.25) is 0 Å². The molecule has 3 aliphatic heterocycles. The zero-order valence-electron chi connectivity index (χ0n) is 15.6. The predicted octanol–water partition coefficient (Wildman–Crippen LogP) is 2.15. The number of fused-ring (bicyclic) bond motifs is 1. The molecule has 3 fully saturated rings. The van der Waals surface area contributed by atoms with Gasteiger partial charge in [0.05, 0.1) is 11.7 Å². The highest BCUT2D eigenvalue weighted by atomic mass is 16.5. The molecular formula is C21H28N2O4. The number of likely N-dealkylation sites (tertiary alicyclic amines) is 1. The number of ether oxygens (including phenoxy) is 1. The summed E-state index contributed by atoms with van der Waals surface area (Å²) in [6.07, 6.45) is 4.33. The van der Waals surface area contributed by atoms with Crippen LogP contribution in [-0.4, -0.2) is 59.8 Å². The van der Waals surface area contributed by atoms with E-state index >= 15 is 0 Å². The van der Waals surface area contributed by atoms with Gasteiger partial charge in [0.15, 0.2) is 0 Å². The van der Waals surface area contributed by atoms with E-state index < -0.39 is 5.97 Å². The number of carbonyl (C=O) groups excluding carboxylic acids is 1. The van der Waals surface area contributed by atoms with Crippen molar-refractivity contribution in [3.63, 3.8) is 0 Å². The van der Waals surface area contributed by atoms with Crippen molar-refractivity contribution in [3.05, 3.63) is 35.9 Å². The molecule has 1 aromatic rings. The Morgan fingerprint density at radius 1 is 1.26 bits per heavy atom. The third kappa shape index (κ3) is 3.73. The van der Waals surface area contributed by atoms with Gasteiger partial charge in [0.1, 0.15) is 0 Å². The zero-order chi connectivity index (χ0) is 18.9. The summed E-state index contributed by atoms with van der Waals surface area (Å²) in [5.74, 6) is 0.0984. The highest BCUT2D eigenvalue weighted by Crippen LogP contribution is 2.54. The van der Waals surface area contributed by atoms with Gasteiger partial charge in [0.2, 0.25) is 0 Å². The Balaban J connectivity index is 1.31. The molecule has 1 aromatic carbocycles. The summed E-state index contributed by atoms with van der Waals surface area (Å²) < 4.78 is 6.42. The van der Waals surface area contributed by atoms with E-state index in [1.54, 1.807) is 0 Å². The summed E-state index contributed by atoms with van der Waals surface area (Å²) >= 11 is 0. The Morgan fingerprint density at radius 3 is 2.85 bits per heavy atom. The molecule has 3 heterocycles. The molecule has 0 aromatic heterocycles. The summed E-state index contributed by atoms with van der Waals surface area (Å²) in [7, 11) is 0. The van der Waals surface area contributed by atoms with Crippen molar-refractivity contribution in [2.75, 3.05) is 26.2 Å². The number of benzene rings is 1. The van der Waals surface area contributed by atoms with Crippen molar-refractivity contribution in [2.24, 2.45) is 11.8 Å². The maximum Gasteiger partial charge on any atom is 0.303 e. The molecule has 2 bridgehead atoms. The second-order valence-corrected chi connectivity index (χ2v) is 8.19. The number of nitrogens with zero attached hydrogens (tertiary/aromatic N) is 1. The number of amides is 1. The Hall–Kier alpha value is -1.92. The molecule has 1 amide bonds. The normalized spacial score (nSPS) is 31.8. The molecule has 6 heteroatoms. The average molecular weight is 372 g/mol. The lowest BCUT2D eigenvalue weighted by molar-refractivity contribution is -0.137. The number of unbranched alkanes of at least 4 members (excludes halogenated alkanes) is 1. The molecule has 0 unspecified atom stereocenters. The summed E-state index contributed by atoms with van der Waals surface area (Å²) in [5, 5.41) is 11.9. The van der Waals surface area contributed by atoms with Crippen LogP contribution in [0.1, 0.15) is 42.5 Å². The Morgan fingerprint density at radius 2 is 2.07 bits per heavy atom. The van der Waals surface area contributed by atoms with Crippen LogP contribution in [0.3, 0.4) is 0 Å². The maximum atomic E-state index is 12.4. The highest BCUT2D eigenvalue weighted by Gasteiger charge is 2.62. The number of hydrogen-bond donors (Lipinski definition) is 2. The number of aliphatic carboxylic acids is 1. The second-order valence-electron chi connectivity index (χ2n) is 8.19. The summed E-state index contributed by atoms with van der Waals surface area (Å²) in [6, 6.07) is 9.34. The van der Waals surface area contributed by atoms with Crippen molar-refractivity contribution >= 4 is 11.9 Å². The number of carboxylic acids is 1. The van der Waals surface area contributed by atoms with Crippen molar-refractivity contribution in [3.8, 4) is 0 Å². The van der Waals surface area contributed by atoms with E-state index in [2.05, 4.69) is 10.2 Å². The number of carboxylic acid groups (broad SMARTS) is 1. The fourth-order valence-electron chi connectivity index (χ4n) is 5.24. The highest BCUT2D eigenvalue weighted by molar-refractivity contribution is 5.94. The molecule has 0 aliphatic carbocycles. The number of nitrogens with one attached hydrogen (secondary N) is 1. The van der Waals surface area contributed by atoms with Crippen LogP contribution >= 0.6 is 0 Å². The van der Waals surface area contributed by atoms with Crippen molar-refractivity contribution in [2.45, 2.75) is 43.8 Å². The second kappa shape index (κ2) is 7.60. The van der Waals surface area contributed by atoms with Crippen LogP contribution in [-0.2, 0) is 9.53 Å². The van der Waals surface area contributed by atoms with Gasteiger partial charge in [0.25, 0.3) is 5.91 Å². The Kier molecular flexibility index (Phi) is 5.19. The first kappa shape index (κ1) is 18.4. The van der Waals surface area contributed by atoms with Gasteiger partial charge in [-0.15, -0.1) is 0 Å². The fraction of sp³-hybridized carbons (Fsp3) is 0.619. The van der Waals surface area contributed by atoms with Gasteiger partial charge >= 0.3 is 5.97 Å². The van der Waals surface area contributed by atoms with Crippen LogP contribution in [0, 0.1) is 11.8 Å². The zero-order valence-corrected chi connectivity index (χ0v) is 15.6. The molecule has 0 saturated carbocycles. The van der Waals surface area contributed by atoms with Gasteiger partial charge in [-0.3, -0.25) is 9.59 Å². The monoisotopic (exact) mass is 372 g/mol. The lowest BCUT2D eigenvalue weighted by Crippen LogP contribution is -2.41. The minimum absolute atomic E-state index is 0.0176. The van der Waals surface area contributed by atoms with Crippen LogP contribution < -0.4 is 5.32 Å². The molecule has 146 valence electrons. The van der Waals surface area contributed by atoms with Gasteiger partial charge in [-0.1, -0.05) is 18.2 Å². The third-order valence-corrected chi connectivity index (χ3v) is 6.50. The summed E-state index contributed by atoms with van der Waals surface area (Å²) in [4.78, 5) is 25.5. The quantitative estimate of drug-likeness (QED) is 0.684. The summed E-state index contributed by atoms with van der Waals surface area (Å²) in [6.45, 7) is 3.54. The fourth-order valence-corrected chi connectivity index (χ4v) is 5.24. The lowest BCUT2D eigenvalue weighted by atomic mass is 9.73. The third-order valence-electron chi connectivity index (χ3n) is 6.50. The Bertz CT molecular complexity index is 695. The van der Waals surface area contributed by atoms with Crippen molar-refractivity contribution in [1.29, 1.82) is 0 Å². The lowest BCUT2D eigenvalue weighted by Gasteiger charge is -2.29. The van der Waals surface area contributed by atoms with E-state index in [1.807, 2.05) is 30.3 Å². The number of hydrogen-bond acceptors (Lipinski definition) is 4. The largest absolute Gasteiger partial charge is 0.481 e. The van der Waals surface area contributed by atoms with Crippen molar-refractivity contribution < 1.29 is 19.4 Å². The van der Waals surface area contributed by atoms with E-state index in [0.717, 1.165) is 45.3 Å². The van der Waals surface area contributed by atoms with Crippen LogP contribution in [0.25, 0.3) is 0 Å². The molecular weight excluding hydrogens is 344 g/mol. The predicted molar refractivity (Wildman–Crippen MR) is 101 cm³/mol. The molecule has 2 N–H and O–H groups in total. The van der Waals surface area contributed by atoms with E-state index in [4.69, 9.17) is 9.84 Å². The smallest absolute Gasteiger partial charge is 0.303 e. The average Bonchev–Trinajstić information content (AvgIpc) is 3.32. The molecule has 6 nitrogen and oxygen atoms in total. The number of carbonyl (C=O) groups is 2. The summed E-state index contributed by atoms with van der Waals surface area (Å²) in [5.41, 5.74) is 0.655. The van der Waals surface area contributed by atoms with E-state index in [-0.39, 0.29) is 24.0 Å². The van der Waals surface area contributed by atoms with Gasteiger partial charge < -0.3 is 20.1 Å². The van der Waals surface area contributed by atoms with E-state index in [0.29, 0.717) is 23.9 Å². The van der Waals surface area contributed by atoms with Gasteiger partial charge in [-0.25, -0.2) is 0 Å². The topological polar surface area (TPSA) is 78.9 Å². The first-order chi connectivity index (χ1) is 13.1. The van der Waals surface area contributed by atoms with Gasteiger partial charge in [-0.05, 0) is 44.4 Å².